The summed E-state index contributed by atoms with van der Waals surface area (Å²) in [5.74, 6) is 0. The van der Waals surface area contributed by atoms with E-state index in [1.807, 2.05) is 0 Å². The van der Waals surface area contributed by atoms with Gasteiger partial charge in [-0.3, -0.25) is 0 Å². The number of rotatable bonds is 8. The Morgan fingerprint density at radius 1 is 1.00 bits per heavy atom. The van der Waals surface area contributed by atoms with Gasteiger partial charge in [0.1, 0.15) is 0 Å². The number of nitrogens with zero attached hydrogens (tertiary/aromatic N) is 1. The number of piperidine rings is 1. The van der Waals surface area contributed by atoms with E-state index >= 15 is 0 Å². The maximum atomic E-state index is 11.1. The van der Waals surface area contributed by atoms with E-state index in [1.54, 1.807) is 0 Å². The van der Waals surface area contributed by atoms with Crippen molar-refractivity contribution in [2.24, 2.45) is 0 Å². The molecule has 1 aliphatic heterocycles. The Morgan fingerprint density at radius 3 is 2.44 bits per heavy atom. The van der Waals surface area contributed by atoms with Crippen LogP contribution < -0.4 is 10.6 Å². The summed E-state index contributed by atoms with van der Waals surface area (Å²) in [5.41, 5.74) is 0. The van der Waals surface area contributed by atoms with Gasteiger partial charge in [-0.15, -0.1) is 0 Å². The van der Waals surface area contributed by atoms with E-state index in [0.717, 1.165) is 19.4 Å². The number of aliphatic hydroxyl groups is 1. The van der Waals surface area contributed by atoms with Crippen molar-refractivity contribution in [2.45, 2.75) is 38.5 Å². The molecule has 0 bridgehead atoms. The first-order chi connectivity index (χ1) is 8.83. The first kappa shape index (κ1) is 15.2. The van der Waals surface area contributed by atoms with Crippen molar-refractivity contribution in [3.05, 3.63) is 0 Å². The number of likely N-dealkylation sites (tertiary alicyclic amines) is 1. The predicted molar refractivity (Wildman–Crippen MR) is 72.6 cm³/mol. The van der Waals surface area contributed by atoms with Crippen molar-refractivity contribution in [3.8, 4) is 0 Å². The van der Waals surface area contributed by atoms with Crippen molar-refractivity contribution in [2.75, 3.05) is 39.3 Å². The fraction of sp³-hybridized carbons (Fsp3) is 0.923. The molecule has 0 aliphatic carbocycles. The average Bonchev–Trinajstić information content (AvgIpc) is 2.41. The minimum absolute atomic E-state index is 0.0107. The van der Waals surface area contributed by atoms with Crippen molar-refractivity contribution in [1.82, 2.24) is 15.5 Å². The lowest BCUT2D eigenvalue weighted by Crippen LogP contribution is -2.37. The van der Waals surface area contributed by atoms with Gasteiger partial charge < -0.3 is 20.6 Å². The summed E-state index contributed by atoms with van der Waals surface area (Å²) < 4.78 is 0. The van der Waals surface area contributed by atoms with Crippen molar-refractivity contribution < 1.29 is 9.90 Å². The molecule has 1 fully saturated rings. The summed E-state index contributed by atoms with van der Waals surface area (Å²) in [6.45, 7) is 4.77. The van der Waals surface area contributed by atoms with E-state index in [-0.39, 0.29) is 12.6 Å². The molecule has 0 atom stereocenters. The van der Waals surface area contributed by atoms with Crippen molar-refractivity contribution in [1.29, 1.82) is 0 Å². The van der Waals surface area contributed by atoms with Gasteiger partial charge in [0.25, 0.3) is 0 Å². The maximum Gasteiger partial charge on any atom is 0.314 e. The number of hydrogen-bond donors (Lipinski definition) is 3. The summed E-state index contributed by atoms with van der Waals surface area (Å²) in [6, 6.07) is -0.180. The lowest BCUT2D eigenvalue weighted by atomic mass is 10.1. The first-order valence-electron chi connectivity index (χ1n) is 7.18. The number of amides is 2. The Bertz CT molecular complexity index is 218. The number of carbonyl (C=O) groups excluding carboxylic acids is 1. The van der Waals surface area contributed by atoms with E-state index in [2.05, 4.69) is 15.5 Å². The highest BCUT2D eigenvalue weighted by Gasteiger charge is 2.08. The van der Waals surface area contributed by atoms with Crippen LogP contribution in [0.2, 0.25) is 0 Å². The standard InChI is InChI=1S/C13H27N3O2/c17-12-8-15-13(18)14-7-3-1-4-9-16-10-5-2-6-11-16/h17H,1-12H2,(H2,14,15,18). The average molecular weight is 257 g/mol. The molecule has 18 heavy (non-hydrogen) atoms. The number of hydrogen-bond acceptors (Lipinski definition) is 3. The van der Waals surface area contributed by atoms with Gasteiger partial charge in [0, 0.05) is 13.1 Å². The second kappa shape index (κ2) is 10.1. The van der Waals surface area contributed by atoms with Crippen LogP contribution in [0.1, 0.15) is 38.5 Å². The lowest BCUT2D eigenvalue weighted by molar-refractivity contribution is 0.223. The minimum atomic E-state index is -0.180. The summed E-state index contributed by atoms with van der Waals surface area (Å²) >= 11 is 0. The number of carbonyl (C=O) groups is 1. The zero-order valence-corrected chi connectivity index (χ0v) is 11.3. The SMILES string of the molecule is O=C(NCCO)NCCCCCN1CCCCC1. The van der Waals surface area contributed by atoms with Crippen LogP contribution in [0, 0.1) is 0 Å². The molecule has 0 unspecified atom stereocenters. The Hall–Kier alpha value is -0.810. The molecule has 1 aliphatic rings. The quantitative estimate of drug-likeness (QED) is 0.567. The molecule has 3 N–H and O–H groups in total. The molecule has 0 radical (unpaired) electrons. The lowest BCUT2D eigenvalue weighted by Gasteiger charge is -2.26. The smallest absolute Gasteiger partial charge is 0.314 e. The summed E-state index contributed by atoms with van der Waals surface area (Å²) in [6.07, 6.45) is 7.51. The molecule has 0 spiro atoms. The molecule has 0 aromatic heterocycles. The molecule has 106 valence electrons. The van der Waals surface area contributed by atoms with Crippen molar-refractivity contribution >= 4 is 6.03 Å². The van der Waals surface area contributed by atoms with Crippen LogP contribution in [-0.2, 0) is 0 Å². The maximum absolute atomic E-state index is 11.1. The van der Waals surface area contributed by atoms with Gasteiger partial charge in [0.2, 0.25) is 0 Å². The van der Waals surface area contributed by atoms with E-state index in [9.17, 15) is 4.79 Å². The molecule has 0 aromatic carbocycles. The van der Waals surface area contributed by atoms with Crippen LogP contribution in [0.15, 0.2) is 0 Å². The van der Waals surface area contributed by atoms with Crippen LogP contribution >= 0.6 is 0 Å². The largest absolute Gasteiger partial charge is 0.395 e. The molecular formula is C13H27N3O2. The van der Waals surface area contributed by atoms with Crippen LogP contribution in [0.5, 0.6) is 0 Å². The molecule has 2 amide bonds. The van der Waals surface area contributed by atoms with Gasteiger partial charge in [0.15, 0.2) is 0 Å². The monoisotopic (exact) mass is 257 g/mol. The van der Waals surface area contributed by atoms with Crippen LogP contribution in [0.25, 0.3) is 0 Å². The Labute approximate surface area is 110 Å². The van der Waals surface area contributed by atoms with Crippen LogP contribution in [0.3, 0.4) is 0 Å². The summed E-state index contributed by atoms with van der Waals surface area (Å²) in [7, 11) is 0. The molecule has 5 nitrogen and oxygen atoms in total. The second-order valence-corrected chi connectivity index (χ2v) is 4.87. The normalized spacial score (nSPS) is 16.5. The van der Waals surface area contributed by atoms with E-state index in [0.29, 0.717) is 6.54 Å². The van der Waals surface area contributed by atoms with Gasteiger partial charge in [-0.2, -0.15) is 0 Å². The van der Waals surface area contributed by atoms with Gasteiger partial charge in [-0.1, -0.05) is 12.8 Å². The van der Waals surface area contributed by atoms with E-state index in [1.165, 1.54) is 45.3 Å². The van der Waals surface area contributed by atoms with Crippen LogP contribution in [0.4, 0.5) is 4.79 Å². The molecule has 5 heteroatoms. The second-order valence-electron chi connectivity index (χ2n) is 4.87. The first-order valence-corrected chi connectivity index (χ1v) is 7.18. The number of unbranched alkanes of at least 4 members (excludes halogenated alkanes) is 2. The van der Waals surface area contributed by atoms with Gasteiger partial charge >= 0.3 is 6.03 Å². The van der Waals surface area contributed by atoms with Gasteiger partial charge in [0.05, 0.1) is 6.61 Å². The summed E-state index contributed by atoms with van der Waals surface area (Å²) in [5, 5.41) is 13.9. The third-order valence-corrected chi connectivity index (χ3v) is 3.28. The number of urea groups is 1. The van der Waals surface area contributed by atoms with E-state index < -0.39 is 0 Å². The fourth-order valence-electron chi connectivity index (χ4n) is 2.25. The Morgan fingerprint density at radius 2 is 1.72 bits per heavy atom. The third-order valence-electron chi connectivity index (χ3n) is 3.28. The summed E-state index contributed by atoms with van der Waals surface area (Å²) in [4.78, 5) is 13.7. The fourth-order valence-corrected chi connectivity index (χ4v) is 2.25. The van der Waals surface area contributed by atoms with Gasteiger partial charge in [-0.05, 0) is 45.3 Å². The highest BCUT2D eigenvalue weighted by molar-refractivity contribution is 5.73. The minimum Gasteiger partial charge on any atom is -0.395 e. The number of nitrogens with one attached hydrogen (secondary N) is 2. The Kier molecular flexibility index (Phi) is 8.59. The highest BCUT2D eigenvalue weighted by atomic mass is 16.3. The molecule has 1 saturated heterocycles. The molecule has 0 aromatic rings. The van der Waals surface area contributed by atoms with Crippen LogP contribution in [-0.4, -0.2) is 55.4 Å². The Balaban J connectivity index is 1.84. The molecular weight excluding hydrogens is 230 g/mol. The molecule has 1 heterocycles. The topological polar surface area (TPSA) is 64.6 Å². The zero-order chi connectivity index (χ0) is 13.1. The number of aliphatic hydroxyl groups excluding tert-OH is 1. The van der Waals surface area contributed by atoms with E-state index in [4.69, 9.17) is 5.11 Å². The zero-order valence-electron chi connectivity index (χ0n) is 11.3. The highest BCUT2D eigenvalue weighted by Crippen LogP contribution is 2.09. The van der Waals surface area contributed by atoms with Crippen molar-refractivity contribution in [3.63, 3.8) is 0 Å². The van der Waals surface area contributed by atoms with Gasteiger partial charge in [-0.25, -0.2) is 4.79 Å². The molecule has 0 saturated carbocycles. The molecule has 1 rings (SSSR count). The predicted octanol–water partition coefficient (Wildman–Crippen LogP) is 0.934. The third kappa shape index (κ3) is 7.50.